The maximum atomic E-state index is 12.5. The van der Waals surface area contributed by atoms with Crippen LogP contribution in [0.2, 0.25) is 0 Å². The quantitative estimate of drug-likeness (QED) is 0.232. The summed E-state index contributed by atoms with van der Waals surface area (Å²) < 4.78 is 79.7. The molecule has 0 spiro atoms. The van der Waals surface area contributed by atoms with Crippen molar-refractivity contribution >= 4 is 51.2 Å². The van der Waals surface area contributed by atoms with Crippen LogP contribution in [-0.2, 0) is 9.53 Å². The first-order chi connectivity index (χ1) is 9.67. The third kappa shape index (κ3) is 4.51. The molecule has 22 heavy (non-hydrogen) atoms. The highest BCUT2D eigenvalue weighted by molar-refractivity contribution is 14.1. The molecule has 0 saturated carbocycles. The normalized spacial score (nSPS) is 17.8. The van der Waals surface area contributed by atoms with E-state index in [1.54, 1.807) is 29.5 Å². The lowest BCUT2D eigenvalue weighted by Gasteiger charge is -2.35. The molecule has 0 rings (SSSR count). The molecule has 0 heterocycles. The fourth-order valence-electron chi connectivity index (χ4n) is 1.22. The predicted molar refractivity (Wildman–Crippen MR) is 83.1 cm³/mol. The van der Waals surface area contributed by atoms with Crippen molar-refractivity contribution in [2.45, 2.75) is 31.8 Å². The van der Waals surface area contributed by atoms with E-state index in [9.17, 15) is 31.1 Å². The van der Waals surface area contributed by atoms with Crippen LogP contribution in [0.5, 0.6) is 0 Å². The molecule has 0 aromatic rings. The zero-order chi connectivity index (χ0) is 18.0. The molecule has 2 unspecified atom stereocenters. The average Bonchev–Trinajstić information content (AvgIpc) is 2.39. The smallest absolute Gasteiger partial charge is 0.429 e. The number of hydrogen-bond donors (Lipinski definition) is 1. The highest BCUT2D eigenvalue weighted by Gasteiger charge is 2.71. The number of carbonyl (C=O) groups excluding carboxylic acids is 1. The van der Waals surface area contributed by atoms with Gasteiger partial charge in [-0.3, -0.25) is 4.79 Å². The topological polar surface area (TPSA) is 46.5 Å². The van der Waals surface area contributed by atoms with E-state index in [0.717, 1.165) is 0 Å². The molecule has 0 amide bonds. The molecule has 11 heteroatoms. The van der Waals surface area contributed by atoms with E-state index in [1.807, 2.05) is 22.6 Å². The number of ether oxygens (including phenoxy) is 1. The molecule has 0 fully saturated rings. The molecule has 0 aliphatic rings. The minimum Gasteiger partial charge on any atom is -0.461 e. The molecule has 0 aromatic carbocycles. The summed E-state index contributed by atoms with van der Waals surface area (Å²) in [5.41, 5.74) is -6.34. The fraction of sp³-hybridized carbons (Fsp3) is 0.909. The zero-order valence-electron chi connectivity index (χ0n) is 11.5. The Morgan fingerprint density at radius 1 is 1.14 bits per heavy atom. The van der Waals surface area contributed by atoms with Crippen molar-refractivity contribution in [2.24, 2.45) is 11.3 Å². The summed E-state index contributed by atoms with van der Waals surface area (Å²) in [5, 5.41) is 8.94. The van der Waals surface area contributed by atoms with Crippen molar-refractivity contribution in [3.05, 3.63) is 0 Å². The van der Waals surface area contributed by atoms with Crippen LogP contribution in [0.4, 0.5) is 26.3 Å². The Labute approximate surface area is 150 Å². The Morgan fingerprint density at radius 2 is 1.55 bits per heavy atom. The summed E-state index contributed by atoms with van der Waals surface area (Å²) in [6, 6.07) is 0. The van der Waals surface area contributed by atoms with Crippen molar-refractivity contribution in [2.75, 3.05) is 15.5 Å². The standard InChI is InChI=1S/C11H14F6I2O3/c1-6(3-18)8(2,4-19)7(20)22-5-9(21,10(12,13)14)11(15,16)17/h6,21H,3-5H2,1-2H3. The van der Waals surface area contributed by atoms with Gasteiger partial charge in [0.25, 0.3) is 5.60 Å². The van der Waals surface area contributed by atoms with Crippen LogP contribution in [0.15, 0.2) is 0 Å². The average molecular weight is 562 g/mol. The van der Waals surface area contributed by atoms with Gasteiger partial charge in [0.05, 0.1) is 5.41 Å². The van der Waals surface area contributed by atoms with E-state index in [0.29, 0.717) is 4.43 Å². The summed E-state index contributed by atoms with van der Waals surface area (Å²) in [5.74, 6) is -1.54. The number of alkyl halides is 8. The van der Waals surface area contributed by atoms with Crippen LogP contribution in [0, 0.1) is 11.3 Å². The van der Waals surface area contributed by atoms with Crippen LogP contribution < -0.4 is 0 Å². The largest absolute Gasteiger partial charge is 0.461 e. The van der Waals surface area contributed by atoms with Gasteiger partial charge in [-0.15, -0.1) is 0 Å². The van der Waals surface area contributed by atoms with E-state index in [-0.39, 0.29) is 10.3 Å². The molecule has 0 aliphatic carbocycles. The lowest BCUT2D eigenvalue weighted by atomic mass is 9.81. The molecule has 132 valence electrons. The van der Waals surface area contributed by atoms with Gasteiger partial charge in [0, 0.05) is 8.86 Å². The fourth-order valence-corrected chi connectivity index (χ4v) is 3.25. The Bertz CT molecular complexity index is 384. The molecule has 1 N–H and O–H groups in total. The summed E-state index contributed by atoms with van der Waals surface area (Å²) in [6.45, 7) is 0.802. The Balaban J connectivity index is 5.30. The van der Waals surface area contributed by atoms with Crippen LogP contribution in [-0.4, -0.2) is 44.5 Å². The SMILES string of the molecule is CC(CI)C(C)(CI)C(=O)OCC(O)(C(F)(F)F)C(F)(F)F. The molecule has 0 bridgehead atoms. The van der Waals surface area contributed by atoms with E-state index in [2.05, 4.69) is 4.74 Å². The lowest BCUT2D eigenvalue weighted by molar-refractivity contribution is -0.375. The van der Waals surface area contributed by atoms with Gasteiger partial charge >= 0.3 is 18.3 Å². The first kappa shape index (κ1) is 22.5. The second-order valence-electron chi connectivity index (χ2n) is 5.04. The van der Waals surface area contributed by atoms with E-state index in [4.69, 9.17) is 5.11 Å². The van der Waals surface area contributed by atoms with E-state index >= 15 is 0 Å². The molecule has 0 saturated heterocycles. The van der Waals surface area contributed by atoms with Crippen LogP contribution >= 0.6 is 45.2 Å². The highest BCUT2D eigenvalue weighted by atomic mass is 127. The number of hydrogen-bond acceptors (Lipinski definition) is 3. The minimum atomic E-state index is -6.01. The Morgan fingerprint density at radius 3 is 1.82 bits per heavy atom. The zero-order valence-corrected chi connectivity index (χ0v) is 15.8. The maximum absolute atomic E-state index is 12.5. The number of carbonyl (C=O) groups is 1. The van der Waals surface area contributed by atoms with E-state index in [1.165, 1.54) is 6.92 Å². The van der Waals surface area contributed by atoms with Crippen molar-refractivity contribution in [1.82, 2.24) is 0 Å². The monoisotopic (exact) mass is 562 g/mol. The molecular weight excluding hydrogens is 548 g/mol. The minimum absolute atomic E-state index is 0.143. The molecular formula is C11H14F6I2O3. The first-order valence-electron chi connectivity index (χ1n) is 5.82. The summed E-state index contributed by atoms with van der Waals surface area (Å²) in [6.07, 6.45) is -12.0. The molecule has 3 nitrogen and oxygen atoms in total. The second-order valence-corrected chi connectivity index (χ2v) is 6.68. The number of esters is 1. The third-order valence-corrected chi connectivity index (χ3v) is 6.32. The van der Waals surface area contributed by atoms with Gasteiger partial charge in [-0.25, -0.2) is 0 Å². The second kappa shape index (κ2) is 7.57. The number of halogens is 8. The van der Waals surface area contributed by atoms with Gasteiger partial charge in [0.15, 0.2) is 0 Å². The summed E-state index contributed by atoms with van der Waals surface area (Å²) in [7, 11) is 0. The highest BCUT2D eigenvalue weighted by Crippen LogP contribution is 2.43. The van der Waals surface area contributed by atoms with Crippen molar-refractivity contribution in [1.29, 1.82) is 0 Å². The van der Waals surface area contributed by atoms with Gasteiger partial charge < -0.3 is 9.84 Å². The van der Waals surface area contributed by atoms with Gasteiger partial charge in [0.2, 0.25) is 0 Å². The van der Waals surface area contributed by atoms with E-state index < -0.39 is 35.9 Å². The van der Waals surface area contributed by atoms with Gasteiger partial charge in [-0.05, 0) is 12.8 Å². The van der Waals surface area contributed by atoms with Gasteiger partial charge in [-0.2, -0.15) is 26.3 Å². The molecule has 0 radical (unpaired) electrons. The Hall–Kier alpha value is 0.470. The molecule has 0 aliphatic heterocycles. The number of aliphatic hydroxyl groups is 1. The Kier molecular flexibility index (Phi) is 7.73. The summed E-state index contributed by atoms with van der Waals surface area (Å²) >= 11 is 3.75. The third-order valence-electron chi connectivity index (χ3n) is 3.41. The van der Waals surface area contributed by atoms with Crippen LogP contribution in [0.1, 0.15) is 13.8 Å². The summed E-state index contributed by atoms with van der Waals surface area (Å²) in [4.78, 5) is 11.9. The predicted octanol–water partition coefficient (Wildman–Crippen LogP) is 3.90. The molecule has 0 aromatic heterocycles. The molecule has 2 atom stereocenters. The van der Waals surface area contributed by atoms with Crippen molar-refractivity contribution in [3.63, 3.8) is 0 Å². The van der Waals surface area contributed by atoms with Crippen molar-refractivity contribution in [3.8, 4) is 0 Å². The van der Waals surface area contributed by atoms with Gasteiger partial charge in [0.1, 0.15) is 6.61 Å². The van der Waals surface area contributed by atoms with Gasteiger partial charge in [-0.1, -0.05) is 52.1 Å². The van der Waals surface area contributed by atoms with Crippen molar-refractivity contribution < 1.29 is 41.0 Å². The maximum Gasteiger partial charge on any atom is 0.429 e. The lowest BCUT2D eigenvalue weighted by Crippen LogP contribution is -2.60. The number of rotatable bonds is 6. The first-order valence-corrected chi connectivity index (χ1v) is 8.87. The van der Waals surface area contributed by atoms with Crippen LogP contribution in [0.3, 0.4) is 0 Å². The van der Waals surface area contributed by atoms with Crippen LogP contribution in [0.25, 0.3) is 0 Å².